The lowest BCUT2D eigenvalue weighted by molar-refractivity contribution is -0.144. The number of nitrogens with zero attached hydrogens (tertiary/aromatic N) is 1. The molecular weight excluding hydrogens is 158 g/mol. The van der Waals surface area contributed by atoms with Crippen LogP contribution in [0.4, 0.5) is 0 Å². The van der Waals surface area contributed by atoms with Gasteiger partial charge in [0.1, 0.15) is 5.70 Å². The van der Waals surface area contributed by atoms with Gasteiger partial charge in [0.25, 0.3) is 5.91 Å². The van der Waals surface area contributed by atoms with E-state index in [0.29, 0.717) is 5.70 Å². The van der Waals surface area contributed by atoms with Crippen molar-refractivity contribution in [2.24, 2.45) is 0 Å². The molecule has 1 heterocycles. The highest BCUT2D eigenvalue weighted by Crippen LogP contribution is 2.05. The normalized spacial score (nSPS) is 16.0. The minimum Gasteiger partial charge on any atom is -0.348 e. The minimum atomic E-state index is -0.141. The third kappa shape index (κ3) is 1.88. The van der Waals surface area contributed by atoms with Crippen molar-refractivity contribution in [3.63, 3.8) is 0 Å². The number of nitrogens with one attached hydrogen (secondary N) is 2. The lowest BCUT2D eigenvalue weighted by atomic mass is 10.3. The Kier molecular flexibility index (Phi) is 2.54. The van der Waals surface area contributed by atoms with Gasteiger partial charge in [-0.3, -0.25) is 4.79 Å². The number of hydroxylamine groups is 3. The fourth-order valence-corrected chi connectivity index (χ4v) is 0.846. The Morgan fingerprint density at radius 3 is 2.83 bits per heavy atom. The van der Waals surface area contributed by atoms with Gasteiger partial charge in [0.05, 0.1) is 6.20 Å². The van der Waals surface area contributed by atoms with Crippen LogP contribution in [0.25, 0.3) is 0 Å². The molecule has 2 N–H and O–H groups in total. The van der Waals surface area contributed by atoms with Crippen LogP contribution in [0.2, 0.25) is 0 Å². The van der Waals surface area contributed by atoms with Gasteiger partial charge in [-0.1, -0.05) is 0 Å². The van der Waals surface area contributed by atoms with Crippen molar-refractivity contribution in [1.82, 2.24) is 15.9 Å². The molecule has 0 saturated heterocycles. The number of carbonyl (C=O) groups is 1. The molecule has 0 aliphatic carbocycles. The van der Waals surface area contributed by atoms with Gasteiger partial charge in [-0.15, -0.1) is 0 Å². The second-order valence-electron chi connectivity index (χ2n) is 2.86. The summed E-state index contributed by atoms with van der Waals surface area (Å²) in [6.45, 7) is 3.81. The molecule has 5 nitrogen and oxygen atoms in total. The van der Waals surface area contributed by atoms with Crippen LogP contribution in [0.3, 0.4) is 0 Å². The Morgan fingerprint density at radius 2 is 2.42 bits per heavy atom. The second kappa shape index (κ2) is 3.44. The highest BCUT2D eigenvalue weighted by molar-refractivity contribution is 5.92. The van der Waals surface area contributed by atoms with Crippen LogP contribution in [-0.4, -0.2) is 24.1 Å². The molecule has 5 heteroatoms. The van der Waals surface area contributed by atoms with Crippen molar-refractivity contribution in [1.29, 1.82) is 0 Å². The summed E-state index contributed by atoms with van der Waals surface area (Å²) in [5.41, 5.74) is 2.95. The van der Waals surface area contributed by atoms with E-state index in [9.17, 15) is 4.79 Å². The quantitative estimate of drug-likeness (QED) is 0.600. The van der Waals surface area contributed by atoms with Crippen molar-refractivity contribution in [3.05, 3.63) is 11.9 Å². The number of rotatable bonds is 2. The Balaban J connectivity index is 2.52. The second-order valence-corrected chi connectivity index (χ2v) is 2.86. The third-order valence-electron chi connectivity index (χ3n) is 1.38. The monoisotopic (exact) mass is 171 g/mol. The maximum atomic E-state index is 11.3. The molecule has 0 fully saturated rings. The highest BCUT2D eigenvalue weighted by Gasteiger charge is 2.19. The molecule has 0 spiro atoms. The molecule has 0 unspecified atom stereocenters. The van der Waals surface area contributed by atoms with Crippen molar-refractivity contribution in [2.45, 2.75) is 19.9 Å². The largest absolute Gasteiger partial charge is 0.348 e. The standard InChI is InChI=1S/C7H13N3O2/c1-5(2)9-7(11)6-4-8-12-10(6)3/h4-5,8H,1-3H3,(H,9,11). The summed E-state index contributed by atoms with van der Waals surface area (Å²) in [5, 5.41) is 4.12. The molecule has 1 amide bonds. The first-order valence-electron chi connectivity index (χ1n) is 3.78. The van der Waals surface area contributed by atoms with E-state index in [2.05, 4.69) is 10.8 Å². The maximum absolute atomic E-state index is 11.3. The average Bonchev–Trinajstić information content (AvgIpc) is 2.33. The van der Waals surface area contributed by atoms with Gasteiger partial charge in [0.2, 0.25) is 0 Å². The number of likely N-dealkylation sites (N-methyl/N-ethyl adjacent to an activating group) is 1. The summed E-state index contributed by atoms with van der Waals surface area (Å²) in [5.74, 6) is -0.141. The molecule has 68 valence electrons. The van der Waals surface area contributed by atoms with Crippen LogP contribution < -0.4 is 10.8 Å². The first kappa shape index (κ1) is 8.86. The van der Waals surface area contributed by atoms with E-state index in [-0.39, 0.29) is 11.9 Å². The van der Waals surface area contributed by atoms with Crippen LogP contribution in [-0.2, 0) is 9.73 Å². The van der Waals surface area contributed by atoms with E-state index in [1.54, 1.807) is 7.05 Å². The van der Waals surface area contributed by atoms with E-state index < -0.39 is 0 Å². The summed E-state index contributed by atoms with van der Waals surface area (Å²) in [6, 6.07) is 0.132. The molecule has 1 rings (SSSR count). The van der Waals surface area contributed by atoms with E-state index in [1.807, 2.05) is 13.8 Å². The number of carbonyl (C=O) groups excluding carboxylic acids is 1. The maximum Gasteiger partial charge on any atom is 0.271 e. The van der Waals surface area contributed by atoms with Crippen LogP contribution in [0.5, 0.6) is 0 Å². The van der Waals surface area contributed by atoms with Crippen LogP contribution >= 0.6 is 0 Å². The fourth-order valence-electron chi connectivity index (χ4n) is 0.846. The molecule has 12 heavy (non-hydrogen) atoms. The van der Waals surface area contributed by atoms with Gasteiger partial charge in [-0.05, 0) is 13.8 Å². The molecule has 1 aliphatic rings. The van der Waals surface area contributed by atoms with Crippen molar-refractivity contribution in [2.75, 3.05) is 7.05 Å². The Hall–Kier alpha value is -1.23. The molecule has 0 aromatic rings. The van der Waals surface area contributed by atoms with Crippen molar-refractivity contribution in [3.8, 4) is 0 Å². The minimum absolute atomic E-state index is 0.132. The smallest absolute Gasteiger partial charge is 0.271 e. The zero-order valence-corrected chi connectivity index (χ0v) is 7.42. The van der Waals surface area contributed by atoms with Gasteiger partial charge < -0.3 is 5.32 Å². The molecule has 0 atom stereocenters. The SMILES string of the molecule is CC(C)NC(=O)C1=CNON1C. The van der Waals surface area contributed by atoms with Crippen molar-refractivity contribution >= 4 is 5.91 Å². The predicted molar refractivity (Wildman–Crippen MR) is 43.3 cm³/mol. The molecule has 1 aliphatic heterocycles. The summed E-state index contributed by atoms with van der Waals surface area (Å²) in [6.07, 6.45) is 1.51. The Bertz CT molecular complexity index is 213. The number of hydrogen-bond donors (Lipinski definition) is 2. The van der Waals surface area contributed by atoms with Gasteiger partial charge in [-0.25, -0.2) is 10.5 Å². The Morgan fingerprint density at radius 1 is 1.75 bits per heavy atom. The summed E-state index contributed by atoms with van der Waals surface area (Å²) in [4.78, 5) is 16.1. The van der Waals surface area contributed by atoms with E-state index >= 15 is 0 Å². The number of hydrogen-bond acceptors (Lipinski definition) is 4. The van der Waals surface area contributed by atoms with Gasteiger partial charge in [0.15, 0.2) is 0 Å². The zero-order valence-electron chi connectivity index (χ0n) is 7.42. The van der Waals surface area contributed by atoms with Gasteiger partial charge in [-0.2, -0.15) is 4.94 Å². The van der Waals surface area contributed by atoms with Crippen LogP contribution in [0.1, 0.15) is 13.8 Å². The zero-order chi connectivity index (χ0) is 9.14. The van der Waals surface area contributed by atoms with Crippen LogP contribution in [0, 0.1) is 0 Å². The topological polar surface area (TPSA) is 53.6 Å². The molecule has 0 aromatic carbocycles. The third-order valence-corrected chi connectivity index (χ3v) is 1.38. The summed E-state index contributed by atoms with van der Waals surface area (Å²) < 4.78 is 0. The predicted octanol–water partition coefficient (Wildman–Crippen LogP) is -0.266. The van der Waals surface area contributed by atoms with Crippen LogP contribution in [0.15, 0.2) is 11.9 Å². The average molecular weight is 171 g/mol. The molecule has 0 bridgehead atoms. The molecule has 0 radical (unpaired) electrons. The highest BCUT2D eigenvalue weighted by atomic mass is 16.8. The summed E-state index contributed by atoms with van der Waals surface area (Å²) >= 11 is 0. The molecule has 0 aromatic heterocycles. The molecular formula is C7H13N3O2. The first-order chi connectivity index (χ1) is 5.61. The van der Waals surface area contributed by atoms with E-state index in [0.717, 1.165) is 0 Å². The Labute approximate surface area is 71.3 Å². The van der Waals surface area contributed by atoms with Gasteiger partial charge >= 0.3 is 0 Å². The summed E-state index contributed by atoms with van der Waals surface area (Å²) in [7, 11) is 1.66. The number of amides is 1. The van der Waals surface area contributed by atoms with E-state index in [4.69, 9.17) is 4.94 Å². The lowest BCUT2D eigenvalue weighted by Crippen LogP contribution is -2.35. The van der Waals surface area contributed by atoms with E-state index in [1.165, 1.54) is 11.3 Å². The van der Waals surface area contributed by atoms with Crippen molar-refractivity contribution < 1.29 is 9.73 Å². The van der Waals surface area contributed by atoms with Gasteiger partial charge in [0, 0.05) is 13.1 Å². The molecule has 0 saturated carbocycles. The first-order valence-corrected chi connectivity index (χ1v) is 3.78. The lowest BCUT2D eigenvalue weighted by Gasteiger charge is -2.13. The fraction of sp³-hybridized carbons (Fsp3) is 0.571.